The lowest BCUT2D eigenvalue weighted by Gasteiger charge is -2.18. The highest BCUT2D eigenvalue weighted by atomic mass is 32.4. The van der Waals surface area contributed by atoms with Crippen LogP contribution in [0.15, 0.2) is 0 Å². The molecule has 0 unspecified atom stereocenters. The van der Waals surface area contributed by atoms with Crippen LogP contribution >= 0.6 is 7.36 Å². The van der Waals surface area contributed by atoms with Gasteiger partial charge in [-0.05, 0) is 28.1 Å². The van der Waals surface area contributed by atoms with E-state index in [0.29, 0.717) is 12.6 Å². The normalized spacial score (nSPS) is 11.5. The fourth-order valence-electron chi connectivity index (χ4n) is 0.529. The molecule has 0 aromatic rings. The highest BCUT2D eigenvalue weighted by Gasteiger charge is 2.14. The molecule has 2 nitrogen and oxygen atoms in total. The van der Waals surface area contributed by atoms with Crippen LogP contribution in [0, 0.1) is 0 Å². The maximum absolute atomic E-state index is 10.9. The maximum Gasteiger partial charge on any atom is 0.307 e. The van der Waals surface area contributed by atoms with E-state index in [1.54, 1.807) is 0 Å². The van der Waals surface area contributed by atoms with Crippen LogP contribution in [0.5, 0.6) is 0 Å². The van der Waals surface area contributed by atoms with Gasteiger partial charge in [-0.3, -0.25) is 4.79 Å². The molecule has 0 aromatic carbocycles. The first kappa shape index (κ1) is 11.0. The Kier molecular flexibility index (Phi) is 4.78. The Morgan fingerprint density at radius 1 is 1.55 bits per heavy atom. The SMILES string of the molecule is CC(C)(C)OC(=O)CCP=S. The van der Waals surface area contributed by atoms with Crippen molar-refractivity contribution in [3.05, 3.63) is 0 Å². The Bertz CT molecular complexity index is 151. The Hall–Kier alpha value is -0.0100. The maximum atomic E-state index is 10.9. The van der Waals surface area contributed by atoms with Gasteiger partial charge in [-0.25, -0.2) is 0 Å². The molecule has 0 amide bonds. The fourth-order valence-corrected chi connectivity index (χ4v) is 1.08. The van der Waals surface area contributed by atoms with Crippen molar-refractivity contribution in [3.63, 3.8) is 0 Å². The van der Waals surface area contributed by atoms with Crippen LogP contribution in [-0.2, 0) is 21.3 Å². The third-order valence-electron chi connectivity index (χ3n) is 0.827. The van der Waals surface area contributed by atoms with Gasteiger partial charge >= 0.3 is 5.97 Å². The van der Waals surface area contributed by atoms with Crippen molar-refractivity contribution in [2.45, 2.75) is 32.8 Å². The van der Waals surface area contributed by atoms with Gasteiger partial charge in [0.25, 0.3) is 0 Å². The summed E-state index contributed by atoms with van der Waals surface area (Å²) in [6.07, 6.45) is 1.15. The van der Waals surface area contributed by atoms with Crippen molar-refractivity contribution in [1.82, 2.24) is 0 Å². The lowest BCUT2D eigenvalue weighted by molar-refractivity contribution is -0.154. The van der Waals surface area contributed by atoms with Gasteiger partial charge in [-0.1, -0.05) is 11.8 Å². The summed E-state index contributed by atoms with van der Waals surface area (Å²) in [5.41, 5.74) is -0.366. The molecule has 0 bridgehead atoms. The molecule has 0 saturated heterocycles. The third-order valence-corrected chi connectivity index (χ3v) is 1.78. The molecular weight excluding hydrogens is 179 g/mol. The number of carbonyl (C=O) groups excluding carboxylic acids is 1. The van der Waals surface area contributed by atoms with Gasteiger partial charge in [0.15, 0.2) is 0 Å². The van der Waals surface area contributed by atoms with Crippen LogP contribution in [0.25, 0.3) is 0 Å². The van der Waals surface area contributed by atoms with Gasteiger partial charge in [-0.2, -0.15) is 0 Å². The molecule has 0 aromatic heterocycles. The second-order valence-electron chi connectivity index (χ2n) is 3.19. The Morgan fingerprint density at radius 2 is 2.09 bits per heavy atom. The zero-order valence-electron chi connectivity index (χ0n) is 7.09. The Labute approximate surface area is 74.2 Å². The number of hydrogen-bond donors (Lipinski definition) is 0. The molecule has 0 rings (SSSR count). The van der Waals surface area contributed by atoms with E-state index < -0.39 is 0 Å². The van der Waals surface area contributed by atoms with Gasteiger partial charge in [0.1, 0.15) is 5.60 Å². The van der Waals surface area contributed by atoms with E-state index in [1.165, 1.54) is 0 Å². The highest BCUT2D eigenvalue weighted by Crippen LogP contribution is 2.09. The second-order valence-corrected chi connectivity index (χ2v) is 4.67. The Morgan fingerprint density at radius 3 is 2.45 bits per heavy atom. The molecule has 0 aliphatic heterocycles. The van der Waals surface area contributed by atoms with E-state index in [9.17, 15) is 4.79 Å². The summed E-state index contributed by atoms with van der Waals surface area (Å²) < 4.78 is 5.05. The van der Waals surface area contributed by atoms with Crippen molar-refractivity contribution in [3.8, 4) is 0 Å². The monoisotopic (exact) mass is 192 g/mol. The molecule has 0 heterocycles. The van der Waals surface area contributed by atoms with Gasteiger partial charge < -0.3 is 4.74 Å². The van der Waals surface area contributed by atoms with Crippen molar-refractivity contribution in [2.75, 3.05) is 6.16 Å². The summed E-state index contributed by atoms with van der Waals surface area (Å²) in [5.74, 6) is -0.158. The van der Waals surface area contributed by atoms with Crippen molar-refractivity contribution in [1.29, 1.82) is 0 Å². The minimum Gasteiger partial charge on any atom is -0.460 e. The fraction of sp³-hybridized carbons (Fsp3) is 0.857. The Balaban J connectivity index is 3.61. The van der Waals surface area contributed by atoms with E-state index in [2.05, 4.69) is 11.8 Å². The van der Waals surface area contributed by atoms with E-state index >= 15 is 0 Å². The van der Waals surface area contributed by atoms with Gasteiger partial charge in [0.2, 0.25) is 0 Å². The average Bonchev–Trinajstić information content (AvgIpc) is 1.79. The molecule has 4 heteroatoms. The molecule has 11 heavy (non-hydrogen) atoms. The molecule has 64 valence electrons. The first-order valence-corrected chi connectivity index (χ1v) is 5.56. The van der Waals surface area contributed by atoms with Crippen LogP contribution in [0.2, 0.25) is 0 Å². The summed E-state index contributed by atoms with van der Waals surface area (Å²) >= 11 is 4.68. The van der Waals surface area contributed by atoms with Crippen LogP contribution in [-0.4, -0.2) is 17.7 Å². The minimum atomic E-state index is -0.366. The van der Waals surface area contributed by atoms with Crippen LogP contribution in [0.4, 0.5) is 0 Å². The minimum absolute atomic E-state index is 0.158. The third kappa shape index (κ3) is 7.89. The van der Waals surface area contributed by atoms with E-state index in [4.69, 9.17) is 4.74 Å². The summed E-state index contributed by atoms with van der Waals surface area (Å²) in [6.45, 7) is 5.57. The number of esters is 1. The quantitative estimate of drug-likeness (QED) is 0.506. The number of ether oxygens (including phenoxy) is 1. The zero-order valence-corrected chi connectivity index (χ0v) is 8.80. The average molecular weight is 192 g/mol. The van der Waals surface area contributed by atoms with Crippen LogP contribution in [0.3, 0.4) is 0 Å². The zero-order chi connectivity index (χ0) is 8.91. The summed E-state index contributed by atoms with van der Waals surface area (Å²) in [7, 11) is 0.829. The predicted octanol–water partition coefficient (Wildman–Crippen LogP) is 2.13. The molecule has 0 aliphatic rings. The van der Waals surface area contributed by atoms with Gasteiger partial charge in [0.05, 0.1) is 6.42 Å². The summed E-state index contributed by atoms with van der Waals surface area (Å²) in [4.78, 5) is 10.9. The van der Waals surface area contributed by atoms with Gasteiger partial charge in [-0.15, -0.1) is 0 Å². The first-order chi connectivity index (χ1) is 4.95. The van der Waals surface area contributed by atoms with E-state index in [1.807, 2.05) is 20.8 Å². The van der Waals surface area contributed by atoms with Crippen molar-refractivity contribution >= 4 is 25.1 Å². The topological polar surface area (TPSA) is 26.3 Å². The molecule has 0 atom stereocenters. The molecular formula is C7H13O2PS. The smallest absolute Gasteiger partial charge is 0.307 e. The number of hydrogen-bond acceptors (Lipinski definition) is 3. The van der Waals surface area contributed by atoms with Crippen molar-refractivity contribution in [2.24, 2.45) is 0 Å². The lowest BCUT2D eigenvalue weighted by Crippen LogP contribution is -2.23. The molecule has 0 N–H and O–H groups in total. The lowest BCUT2D eigenvalue weighted by atomic mass is 10.2. The standard InChI is InChI=1S/C7H13O2PS/c1-7(2,3)9-6(8)4-5-10-11/h4-5H2,1-3H3. The second kappa shape index (κ2) is 4.78. The van der Waals surface area contributed by atoms with Crippen LogP contribution < -0.4 is 0 Å². The highest BCUT2D eigenvalue weighted by molar-refractivity contribution is 7.96. The van der Waals surface area contributed by atoms with Crippen molar-refractivity contribution < 1.29 is 9.53 Å². The van der Waals surface area contributed by atoms with Gasteiger partial charge in [0, 0.05) is 6.16 Å². The number of carbonyl (C=O) groups is 1. The van der Waals surface area contributed by atoms with Crippen LogP contribution in [0.1, 0.15) is 27.2 Å². The van der Waals surface area contributed by atoms with E-state index in [0.717, 1.165) is 7.36 Å². The molecule has 0 fully saturated rings. The molecule has 0 spiro atoms. The largest absolute Gasteiger partial charge is 0.460 e. The predicted molar refractivity (Wildman–Crippen MR) is 49.6 cm³/mol. The summed E-state index contributed by atoms with van der Waals surface area (Å²) in [6, 6.07) is 0. The van der Waals surface area contributed by atoms with E-state index in [-0.39, 0.29) is 11.6 Å². The first-order valence-electron chi connectivity index (χ1n) is 3.46. The summed E-state index contributed by atoms with van der Waals surface area (Å²) in [5, 5.41) is 0. The molecule has 0 radical (unpaired) electrons. The molecule has 0 aliphatic carbocycles. The number of rotatable bonds is 3. The molecule has 0 saturated carbocycles.